The second-order valence-corrected chi connectivity index (χ2v) is 4.53. The first-order chi connectivity index (χ1) is 9.75. The van der Waals surface area contributed by atoms with E-state index in [2.05, 4.69) is 10.1 Å². The SMILES string of the molecule is Cn1ncnc1C(O)(CC(=O)c1ccccc1)C(F)(F)F. The van der Waals surface area contributed by atoms with Gasteiger partial charge in [-0.15, -0.1) is 0 Å². The van der Waals surface area contributed by atoms with E-state index in [-0.39, 0.29) is 5.56 Å². The number of aliphatic hydroxyl groups is 1. The Bertz CT molecular complexity index is 640. The second kappa shape index (κ2) is 5.28. The molecule has 1 heterocycles. The highest BCUT2D eigenvalue weighted by Crippen LogP contribution is 2.41. The van der Waals surface area contributed by atoms with Crippen molar-refractivity contribution < 1.29 is 23.1 Å². The zero-order valence-corrected chi connectivity index (χ0v) is 11.0. The van der Waals surface area contributed by atoms with Crippen LogP contribution in [0.2, 0.25) is 0 Å². The van der Waals surface area contributed by atoms with E-state index in [1.54, 1.807) is 6.07 Å². The summed E-state index contributed by atoms with van der Waals surface area (Å²) in [5.74, 6) is -1.56. The van der Waals surface area contributed by atoms with Crippen LogP contribution in [0, 0.1) is 0 Å². The lowest BCUT2D eigenvalue weighted by atomic mass is 9.92. The van der Waals surface area contributed by atoms with Crippen molar-refractivity contribution in [3.63, 3.8) is 0 Å². The van der Waals surface area contributed by atoms with Gasteiger partial charge < -0.3 is 5.11 Å². The smallest absolute Gasteiger partial charge is 0.374 e. The molecule has 0 amide bonds. The quantitative estimate of drug-likeness (QED) is 0.875. The summed E-state index contributed by atoms with van der Waals surface area (Å²) >= 11 is 0. The Morgan fingerprint density at radius 1 is 1.29 bits per heavy atom. The number of carbonyl (C=O) groups excluding carboxylic acids is 1. The number of hydrogen-bond donors (Lipinski definition) is 1. The third-order valence-electron chi connectivity index (χ3n) is 3.06. The van der Waals surface area contributed by atoms with Gasteiger partial charge in [0.05, 0.1) is 6.42 Å². The van der Waals surface area contributed by atoms with Crippen molar-refractivity contribution in [3.8, 4) is 0 Å². The Kier molecular flexibility index (Phi) is 3.82. The van der Waals surface area contributed by atoms with Crippen LogP contribution in [-0.4, -0.2) is 31.8 Å². The molecule has 5 nitrogen and oxygen atoms in total. The first-order valence-corrected chi connectivity index (χ1v) is 5.97. The second-order valence-electron chi connectivity index (χ2n) is 4.53. The maximum Gasteiger partial charge on any atom is 0.425 e. The van der Waals surface area contributed by atoms with E-state index < -0.39 is 29.8 Å². The molecule has 2 aromatic rings. The van der Waals surface area contributed by atoms with E-state index in [9.17, 15) is 23.1 Å². The summed E-state index contributed by atoms with van der Waals surface area (Å²) < 4.78 is 40.5. The molecule has 112 valence electrons. The minimum Gasteiger partial charge on any atom is -0.374 e. The minimum absolute atomic E-state index is 0.0855. The number of nitrogens with zero attached hydrogens (tertiary/aromatic N) is 3. The summed E-state index contributed by atoms with van der Waals surface area (Å²) in [6, 6.07) is 7.46. The van der Waals surface area contributed by atoms with Crippen molar-refractivity contribution in [2.24, 2.45) is 7.05 Å². The van der Waals surface area contributed by atoms with Crippen LogP contribution in [0.15, 0.2) is 36.7 Å². The molecule has 21 heavy (non-hydrogen) atoms. The molecule has 0 spiro atoms. The molecule has 0 aliphatic rings. The third-order valence-corrected chi connectivity index (χ3v) is 3.06. The van der Waals surface area contributed by atoms with Crippen LogP contribution < -0.4 is 0 Å². The third kappa shape index (κ3) is 2.80. The number of benzene rings is 1. The van der Waals surface area contributed by atoms with Gasteiger partial charge >= 0.3 is 6.18 Å². The Hall–Kier alpha value is -2.22. The highest BCUT2D eigenvalue weighted by molar-refractivity contribution is 5.96. The van der Waals surface area contributed by atoms with E-state index in [0.717, 1.165) is 11.0 Å². The molecule has 0 fully saturated rings. The number of alkyl halides is 3. The molecule has 1 aromatic heterocycles. The number of aryl methyl sites for hydroxylation is 1. The number of halogens is 3. The molecule has 0 saturated heterocycles. The summed E-state index contributed by atoms with van der Waals surface area (Å²) in [6.45, 7) is 0. The molecular formula is C13H12F3N3O2. The largest absolute Gasteiger partial charge is 0.425 e. The van der Waals surface area contributed by atoms with Gasteiger partial charge in [-0.3, -0.25) is 9.48 Å². The molecular weight excluding hydrogens is 287 g/mol. The van der Waals surface area contributed by atoms with Crippen LogP contribution >= 0.6 is 0 Å². The van der Waals surface area contributed by atoms with E-state index in [0.29, 0.717) is 0 Å². The summed E-state index contributed by atoms with van der Waals surface area (Å²) in [4.78, 5) is 15.4. The molecule has 0 bridgehead atoms. The average Bonchev–Trinajstić information content (AvgIpc) is 2.85. The number of rotatable bonds is 4. The topological polar surface area (TPSA) is 68.0 Å². The molecule has 0 aliphatic carbocycles. The van der Waals surface area contributed by atoms with E-state index in [1.807, 2.05) is 0 Å². The fraction of sp³-hybridized carbons (Fsp3) is 0.308. The average molecular weight is 299 g/mol. The maximum atomic E-state index is 13.2. The number of Topliss-reactive ketones (excluding diaryl/α,β-unsaturated/α-hetero) is 1. The predicted octanol–water partition coefficient (Wildman–Crippen LogP) is 1.84. The molecule has 0 saturated carbocycles. The molecule has 1 unspecified atom stereocenters. The van der Waals surface area contributed by atoms with Crippen LogP contribution in [0.25, 0.3) is 0 Å². The lowest BCUT2D eigenvalue weighted by Crippen LogP contribution is -2.46. The van der Waals surface area contributed by atoms with Crippen molar-refractivity contribution in [2.75, 3.05) is 0 Å². The number of aromatic nitrogens is 3. The van der Waals surface area contributed by atoms with Crippen LogP contribution in [0.3, 0.4) is 0 Å². The molecule has 0 radical (unpaired) electrons. The summed E-state index contributed by atoms with van der Waals surface area (Å²) in [5.41, 5.74) is -3.30. The first kappa shape index (κ1) is 15.2. The lowest BCUT2D eigenvalue weighted by Gasteiger charge is -2.28. The van der Waals surface area contributed by atoms with Crippen molar-refractivity contribution in [2.45, 2.75) is 18.2 Å². The van der Waals surface area contributed by atoms with Crippen LogP contribution in [0.5, 0.6) is 0 Å². The Labute approximate surface area is 118 Å². The van der Waals surface area contributed by atoms with E-state index >= 15 is 0 Å². The minimum atomic E-state index is -5.06. The fourth-order valence-electron chi connectivity index (χ4n) is 1.94. The molecule has 2 rings (SSSR count). The van der Waals surface area contributed by atoms with Gasteiger partial charge in [0.2, 0.25) is 5.60 Å². The molecule has 1 atom stereocenters. The molecule has 1 N–H and O–H groups in total. The Morgan fingerprint density at radius 2 is 1.90 bits per heavy atom. The summed E-state index contributed by atoms with van der Waals surface area (Å²) in [6.07, 6.45) is -5.33. The lowest BCUT2D eigenvalue weighted by molar-refractivity contribution is -0.268. The van der Waals surface area contributed by atoms with Gasteiger partial charge in [0.25, 0.3) is 0 Å². The van der Waals surface area contributed by atoms with Crippen LogP contribution in [0.1, 0.15) is 22.6 Å². The normalized spacial score (nSPS) is 14.7. The van der Waals surface area contributed by atoms with Gasteiger partial charge in [0.1, 0.15) is 6.33 Å². The maximum absolute atomic E-state index is 13.2. The number of ketones is 1. The Balaban J connectivity index is 2.39. The van der Waals surface area contributed by atoms with E-state index in [1.165, 1.54) is 31.3 Å². The molecule has 0 aliphatic heterocycles. The van der Waals surface area contributed by atoms with Crippen molar-refractivity contribution in [1.29, 1.82) is 0 Å². The molecule has 8 heteroatoms. The summed E-state index contributed by atoms with van der Waals surface area (Å²) in [5, 5.41) is 13.6. The van der Waals surface area contributed by atoms with Crippen molar-refractivity contribution in [3.05, 3.63) is 48.0 Å². The predicted molar refractivity (Wildman–Crippen MR) is 66.3 cm³/mol. The zero-order valence-electron chi connectivity index (χ0n) is 11.0. The summed E-state index contributed by atoms with van der Waals surface area (Å²) in [7, 11) is 1.21. The van der Waals surface area contributed by atoms with Crippen molar-refractivity contribution >= 4 is 5.78 Å². The Morgan fingerprint density at radius 3 is 2.38 bits per heavy atom. The van der Waals surface area contributed by atoms with Gasteiger partial charge in [-0.25, -0.2) is 4.98 Å². The highest BCUT2D eigenvalue weighted by Gasteiger charge is 2.58. The number of hydrogen-bond acceptors (Lipinski definition) is 4. The van der Waals surface area contributed by atoms with Gasteiger partial charge in [0.15, 0.2) is 11.6 Å². The molecule has 1 aromatic carbocycles. The zero-order chi connectivity index (χ0) is 15.7. The number of carbonyl (C=O) groups is 1. The van der Waals surface area contributed by atoms with Crippen LogP contribution in [-0.2, 0) is 12.6 Å². The fourth-order valence-corrected chi connectivity index (χ4v) is 1.94. The monoisotopic (exact) mass is 299 g/mol. The van der Waals surface area contributed by atoms with Crippen molar-refractivity contribution in [1.82, 2.24) is 14.8 Å². The highest BCUT2D eigenvalue weighted by atomic mass is 19.4. The van der Waals surface area contributed by atoms with E-state index in [4.69, 9.17) is 0 Å². The standard InChI is InChI=1S/C13H12F3N3O2/c1-19-11(17-8-18-19)12(21,13(14,15)16)7-10(20)9-5-3-2-4-6-9/h2-6,8,21H,7H2,1H3. The van der Waals surface area contributed by atoms with Gasteiger partial charge in [-0.1, -0.05) is 30.3 Å². The van der Waals surface area contributed by atoms with Crippen LogP contribution in [0.4, 0.5) is 13.2 Å². The van der Waals surface area contributed by atoms with Gasteiger partial charge in [0, 0.05) is 12.6 Å². The van der Waals surface area contributed by atoms with Gasteiger partial charge in [-0.05, 0) is 0 Å². The first-order valence-electron chi connectivity index (χ1n) is 5.97. The van der Waals surface area contributed by atoms with Gasteiger partial charge in [-0.2, -0.15) is 18.3 Å².